The lowest BCUT2D eigenvalue weighted by Gasteiger charge is -2.14. The van der Waals surface area contributed by atoms with Crippen molar-refractivity contribution in [3.05, 3.63) is 41.4 Å². The standard InChI is InChI=1S/C19H22ClNO5/c1-4-9-25-15-7-5-6-8-16(15)26-12-19(22)21-14-11-17(23-2)13(20)10-18(14)24-3/h5-8,10-11H,4,9,12H2,1-3H3,(H,21,22). The Labute approximate surface area is 158 Å². The Kier molecular flexibility index (Phi) is 7.41. The Balaban J connectivity index is 2.04. The molecular weight excluding hydrogens is 358 g/mol. The Hall–Kier alpha value is -2.60. The fraction of sp³-hybridized carbons (Fsp3) is 0.316. The summed E-state index contributed by atoms with van der Waals surface area (Å²) in [5.41, 5.74) is 0.442. The first-order chi connectivity index (χ1) is 12.6. The predicted molar refractivity (Wildman–Crippen MR) is 101 cm³/mol. The second-order valence-corrected chi connectivity index (χ2v) is 5.73. The topological polar surface area (TPSA) is 66.0 Å². The van der Waals surface area contributed by atoms with Crippen LogP contribution in [0.15, 0.2) is 36.4 Å². The summed E-state index contributed by atoms with van der Waals surface area (Å²) in [5.74, 6) is 1.63. The molecule has 0 heterocycles. The van der Waals surface area contributed by atoms with Gasteiger partial charge in [-0.25, -0.2) is 0 Å². The van der Waals surface area contributed by atoms with Crippen LogP contribution in [0.5, 0.6) is 23.0 Å². The number of carbonyl (C=O) groups excluding carboxylic acids is 1. The van der Waals surface area contributed by atoms with Gasteiger partial charge >= 0.3 is 0 Å². The molecule has 2 rings (SSSR count). The van der Waals surface area contributed by atoms with Gasteiger partial charge in [-0.05, 0) is 18.6 Å². The van der Waals surface area contributed by atoms with Gasteiger partial charge in [0.25, 0.3) is 5.91 Å². The van der Waals surface area contributed by atoms with E-state index in [0.29, 0.717) is 40.3 Å². The Morgan fingerprint density at radius 1 is 1.00 bits per heavy atom. The monoisotopic (exact) mass is 379 g/mol. The molecule has 0 aliphatic rings. The van der Waals surface area contributed by atoms with Crippen molar-refractivity contribution >= 4 is 23.2 Å². The smallest absolute Gasteiger partial charge is 0.262 e. The maximum Gasteiger partial charge on any atom is 0.262 e. The maximum absolute atomic E-state index is 12.3. The summed E-state index contributed by atoms with van der Waals surface area (Å²) in [7, 11) is 2.99. The van der Waals surface area contributed by atoms with Crippen LogP contribution in [-0.2, 0) is 4.79 Å². The largest absolute Gasteiger partial charge is 0.495 e. The van der Waals surface area contributed by atoms with Crippen LogP contribution < -0.4 is 24.3 Å². The zero-order valence-electron chi connectivity index (χ0n) is 15.0. The van der Waals surface area contributed by atoms with E-state index < -0.39 is 0 Å². The highest BCUT2D eigenvalue weighted by molar-refractivity contribution is 6.32. The molecule has 0 unspecified atom stereocenters. The summed E-state index contributed by atoms with van der Waals surface area (Å²) in [6.07, 6.45) is 0.882. The predicted octanol–water partition coefficient (Wildman–Crippen LogP) is 4.16. The van der Waals surface area contributed by atoms with Crippen molar-refractivity contribution in [3.63, 3.8) is 0 Å². The van der Waals surface area contributed by atoms with E-state index in [1.807, 2.05) is 19.1 Å². The van der Waals surface area contributed by atoms with Crippen molar-refractivity contribution in [1.82, 2.24) is 0 Å². The number of halogens is 1. The molecule has 1 amide bonds. The second-order valence-electron chi connectivity index (χ2n) is 5.32. The molecule has 0 spiro atoms. The lowest BCUT2D eigenvalue weighted by atomic mass is 10.2. The number of benzene rings is 2. The molecule has 0 aliphatic heterocycles. The molecule has 2 aromatic rings. The molecule has 0 radical (unpaired) electrons. The number of hydrogen-bond donors (Lipinski definition) is 1. The van der Waals surface area contributed by atoms with Crippen LogP contribution in [0.4, 0.5) is 5.69 Å². The minimum atomic E-state index is -0.349. The second kappa shape index (κ2) is 9.77. The van der Waals surface area contributed by atoms with Crippen LogP contribution in [0, 0.1) is 0 Å². The number of rotatable bonds is 9. The first-order valence-electron chi connectivity index (χ1n) is 8.15. The fourth-order valence-corrected chi connectivity index (χ4v) is 2.42. The lowest BCUT2D eigenvalue weighted by Crippen LogP contribution is -2.20. The average molecular weight is 380 g/mol. The summed E-state index contributed by atoms with van der Waals surface area (Å²) in [5, 5.41) is 3.12. The number of ether oxygens (including phenoxy) is 4. The van der Waals surface area contributed by atoms with Gasteiger partial charge in [0.2, 0.25) is 0 Å². The molecule has 0 saturated carbocycles. The van der Waals surface area contributed by atoms with Crippen LogP contribution >= 0.6 is 11.6 Å². The number of amides is 1. The zero-order chi connectivity index (χ0) is 18.9. The first kappa shape index (κ1) is 19.7. The molecule has 0 saturated heterocycles. The van der Waals surface area contributed by atoms with E-state index >= 15 is 0 Å². The van der Waals surface area contributed by atoms with E-state index in [9.17, 15) is 4.79 Å². The van der Waals surface area contributed by atoms with E-state index in [1.54, 1.807) is 24.3 Å². The number of hydrogen-bond acceptors (Lipinski definition) is 5. The third-order valence-electron chi connectivity index (χ3n) is 3.42. The van der Waals surface area contributed by atoms with Gasteiger partial charge in [0.1, 0.15) is 11.5 Å². The first-order valence-corrected chi connectivity index (χ1v) is 8.52. The highest BCUT2D eigenvalue weighted by Gasteiger charge is 2.14. The Morgan fingerprint density at radius 2 is 1.65 bits per heavy atom. The molecule has 6 nitrogen and oxygen atoms in total. The van der Waals surface area contributed by atoms with Gasteiger partial charge in [0.15, 0.2) is 18.1 Å². The van der Waals surface area contributed by atoms with Gasteiger partial charge < -0.3 is 24.3 Å². The average Bonchev–Trinajstić information content (AvgIpc) is 2.66. The number of carbonyl (C=O) groups is 1. The summed E-state index contributed by atoms with van der Waals surface area (Å²) in [4.78, 5) is 12.3. The molecule has 0 aromatic heterocycles. The third kappa shape index (κ3) is 5.20. The van der Waals surface area contributed by atoms with E-state index in [2.05, 4.69) is 5.32 Å². The molecular formula is C19H22ClNO5. The van der Waals surface area contributed by atoms with Crippen LogP contribution in [0.2, 0.25) is 5.02 Å². The molecule has 7 heteroatoms. The van der Waals surface area contributed by atoms with E-state index in [1.165, 1.54) is 14.2 Å². The molecule has 0 aliphatic carbocycles. The number of anilines is 1. The summed E-state index contributed by atoms with van der Waals surface area (Å²) in [6, 6.07) is 10.4. The quantitative estimate of drug-likeness (QED) is 0.708. The van der Waals surface area contributed by atoms with E-state index in [0.717, 1.165) is 6.42 Å². The zero-order valence-corrected chi connectivity index (χ0v) is 15.8. The normalized spacial score (nSPS) is 10.2. The van der Waals surface area contributed by atoms with Crippen LogP contribution in [-0.4, -0.2) is 33.3 Å². The summed E-state index contributed by atoms with van der Waals surface area (Å²) in [6.45, 7) is 2.42. The van der Waals surface area contributed by atoms with Gasteiger partial charge in [-0.1, -0.05) is 30.7 Å². The molecule has 140 valence electrons. The molecule has 1 N–H and O–H groups in total. The summed E-state index contributed by atoms with van der Waals surface area (Å²) < 4.78 is 21.6. The van der Waals surface area contributed by atoms with Crippen molar-refractivity contribution in [3.8, 4) is 23.0 Å². The molecule has 0 fully saturated rings. The highest BCUT2D eigenvalue weighted by Crippen LogP contribution is 2.35. The van der Waals surface area contributed by atoms with Crippen molar-refractivity contribution in [2.24, 2.45) is 0 Å². The van der Waals surface area contributed by atoms with Gasteiger partial charge in [-0.3, -0.25) is 4.79 Å². The van der Waals surface area contributed by atoms with Crippen molar-refractivity contribution < 1.29 is 23.7 Å². The van der Waals surface area contributed by atoms with Crippen LogP contribution in [0.3, 0.4) is 0 Å². The van der Waals surface area contributed by atoms with Gasteiger partial charge in [0.05, 0.1) is 31.5 Å². The van der Waals surface area contributed by atoms with Crippen molar-refractivity contribution in [2.75, 3.05) is 32.8 Å². The Bertz CT molecular complexity index is 751. The SMILES string of the molecule is CCCOc1ccccc1OCC(=O)Nc1cc(OC)c(Cl)cc1OC. The minimum absolute atomic E-state index is 0.180. The van der Waals surface area contributed by atoms with Crippen LogP contribution in [0.25, 0.3) is 0 Å². The summed E-state index contributed by atoms with van der Waals surface area (Å²) >= 11 is 6.06. The third-order valence-corrected chi connectivity index (χ3v) is 3.71. The molecule has 2 aromatic carbocycles. The lowest BCUT2D eigenvalue weighted by molar-refractivity contribution is -0.118. The molecule has 0 atom stereocenters. The van der Waals surface area contributed by atoms with Crippen molar-refractivity contribution in [1.29, 1.82) is 0 Å². The molecule has 0 bridgehead atoms. The van der Waals surface area contributed by atoms with Gasteiger partial charge in [0, 0.05) is 12.1 Å². The van der Waals surface area contributed by atoms with E-state index in [4.69, 9.17) is 30.5 Å². The van der Waals surface area contributed by atoms with Gasteiger partial charge in [-0.15, -0.1) is 0 Å². The highest BCUT2D eigenvalue weighted by atomic mass is 35.5. The fourth-order valence-electron chi connectivity index (χ4n) is 2.19. The van der Waals surface area contributed by atoms with Crippen LogP contribution in [0.1, 0.15) is 13.3 Å². The number of methoxy groups -OCH3 is 2. The maximum atomic E-state index is 12.3. The van der Waals surface area contributed by atoms with Crippen molar-refractivity contribution in [2.45, 2.75) is 13.3 Å². The van der Waals surface area contributed by atoms with Gasteiger partial charge in [-0.2, -0.15) is 0 Å². The number of nitrogens with one attached hydrogen (secondary N) is 1. The molecule has 26 heavy (non-hydrogen) atoms. The minimum Gasteiger partial charge on any atom is -0.495 e. The van der Waals surface area contributed by atoms with E-state index in [-0.39, 0.29) is 12.5 Å². The Morgan fingerprint density at radius 3 is 2.27 bits per heavy atom. The number of para-hydroxylation sites is 2.